The van der Waals surface area contributed by atoms with Gasteiger partial charge >= 0.3 is 17.9 Å². The van der Waals surface area contributed by atoms with Crippen LogP contribution in [-0.4, -0.2) is 44.6 Å². The van der Waals surface area contributed by atoms with Crippen molar-refractivity contribution in [3.05, 3.63) is 57.8 Å². The van der Waals surface area contributed by atoms with Crippen molar-refractivity contribution in [1.29, 1.82) is 0 Å². The maximum absolute atomic E-state index is 12.1. The second-order valence-corrected chi connectivity index (χ2v) is 6.07. The van der Waals surface area contributed by atoms with Crippen LogP contribution in [0.15, 0.2) is 41.1 Å². The van der Waals surface area contributed by atoms with Gasteiger partial charge in [-0.2, -0.15) is 11.3 Å². The highest BCUT2D eigenvalue weighted by Gasteiger charge is 2.17. The topological polar surface area (TPSA) is 108 Å². The molecule has 1 aromatic carbocycles. The monoisotopic (exact) mass is 403 g/mol. The Kier molecular flexibility index (Phi) is 7.46. The fourth-order valence-corrected chi connectivity index (χ4v) is 2.71. The Morgan fingerprint density at radius 3 is 2.46 bits per heavy atom. The molecule has 2 rings (SSSR count). The van der Waals surface area contributed by atoms with Crippen LogP contribution in [0, 0.1) is 0 Å². The number of carbonyl (C=O) groups excluding carboxylic acids is 4. The highest BCUT2D eigenvalue weighted by atomic mass is 32.1. The van der Waals surface area contributed by atoms with Crippen LogP contribution < -0.4 is 5.32 Å². The lowest BCUT2D eigenvalue weighted by molar-refractivity contribution is -0.142. The molecule has 0 aliphatic carbocycles. The van der Waals surface area contributed by atoms with Gasteiger partial charge in [0.05, 0.1) is 31.0 Å². The smallest absolute Gasteiger partial charge is 0.339 e. The van der Waals surface area contributed by atoms with Crippen molar-refractivity contribution in [2.45, 2.75) is 0 Å². The molecule has 0 aliphatic rings. The average Bonchev–Trinajstić information content (AvgIpc) is 3.23. The van der Waals surface area contributed by atoms with Crippen molar-refractivity contribution >= 4 is 46.9 Å². The van der Waals surface area contributed by atoms with E-state index < -0.39 is 30.4 Å². The number of hydrogen-bond acceptors (Lipinski definition) is 8. The fraction of sp³-hybridized carbons (Fsp3) is 0.158. The van der Waals surface area contributed by atoms with Gasteiger partial charge in [0, 0.05) is 6.08 Å². The quantitative estimate of drug-likeness (QED) is 0.430. The summed E-state index contributed by atoms with van der Waals surface area (Å²) < 4.78 is 14.1. The second kappa shape index (κ2) is 10.0. The summed E-state index contributed by atoms with van der Waals surface area (Å²) in [6.07, 6.45) is 2.76. The SMILES string of the molecule is COC(=O)c1ccc(C(=O)OC)c(NC(=O)COC(=O)/C=C/c2ccsc2)c1. The van der Waals surface area contributed by atoms with Crippen molar-refractivity contribution in [1.82, 2.24) is 0 Å². The minimum Gasteiger partial charge on any atom is -0.465 e. The Balaban J connectivity index is 2.03. The average molecular weight is 403 g/mol. The summed E-state index contributed by atoms with van der Waals surface area (Å²) in [4.78, 5) is 47.3. The number of ether oxygens (including phenoxy) is 3. The largest absolute Gasteiger partial charge is 0.465 e. The number of nitrogens with one attached hydrogen (secondary N) is 1. The number of anilines is 1. The van der Waals surface area contributed by atoms with Crippen LogP contribution in [0.1, 0.15) is 26.3 Å². The molecule has 9 heteroatoms. The molecule has 0 fully saturated rings. The molecule has 0 saturated heterocycles. The number of amides is 1. The zero-order valence-electron chi connectivity index (χ0n) is 15.1. The molecule has 0 unspecified atom stereocenters. The molecular formula is C19H17NO7S. The highest BCUT2D eigenvalue weighted by molar-refractivity contribution is 7.08. The molecule has 1 heterocycles. The minimum absolute atomic E-state index is 0.0321. The summed E-state index contributed by atoms with van der Waals surface area (Å²) in [7, 11) is 2.39. The molecule has 28 heavy (non-hydrogen) atoms. The second-order valence-electron chi connectivity index (χ2n) is 5.29. The summed E-state index contributed by atoms with van der Waals surface area (Å²) in [6.45, 7) is -0.574. The van der Waals surface area contributed by atoms with E-state index >= 15 is 0 Å². The first-order valence-corrected chi connectivity index (χ1v) is 8.86. The summed E-state index contributed by atoms with van der Waals surface area (Å²) in [5.74, 6) is -2.73. The first-order valence-electron chi connectivity index (χ1n) is 7.92. The molecule has 0 aliphatic heterocycles. The first-order chi connectivity index (χ1) is 13.4. The third-order valence-electron chi connectivity index (χ3n) is 3.42. The minimum atomic E-state index is -0.706. The van der Waals surface area contributed by atoms with E-state index in [1.807, 2.05) is 16.8 Å². The van der Waals surface area contributed by atoms with E-state index in [0.29, 0.717) is 0 Å². The van der Waals surface area contributed by atoms with Gasteiger partial charge in [-0.25, -0.2) is 14.4 Å². The lowest BCUT2D eigenvalue weighted by Crippen LogP contribution is -2.22. The van der Waals surface area contributed by atoms with Gasteiger partial charge in [-0.3, -0.25) is 4.79 Å². The van der Waals surface area contributed by atoms with Crippen molar-refractivity contribution in [3.8, 4) is 0 Å². The summed E-state index contributed by atoms with van der Waals surface area (Å²) >= 11 is 1.48. The van der Waals surface area contributed by atoms with E-state index in [4.69, 9.17) is 4.74 Å². The number of carbonyl (C=O) groups is 4. The zero-order chi connectivity index (χ0) is 20.5. The van der Waals surface area contributed by atoms with Crippen molar-refractivity contribution < 1.29 is 33.4 Å². The lowest BCUT2D eigenvalue weighted by atomic mass is 10.1. The summed E-state index contributed by atoms with van der Waals surface area (Å²) in [6, 6.07) is 5.78. The van der Waals surface area contributed by atoms with E-state index in [-0.39, 0.29) is 16.8 Å². The molecule has 1 aromatic heterocycles. The van der Waals surface area contributed by atoms with Gasteiger partial charge in [0.15, 0.2) is 6.61 Å². The number of benzene rings is 1. The Bertz CT molecular complexity index is 903. The van der Waals surface area contributed by atoms with Gasteiger partial charge in [0.2, 0.25) is 0 Å². The summed E-state index contributed by atoms with van der Waals surface area (Å²) in [5.41, 5.74) is 1.03. The molecule has 0 bridgehead atoms. The number of rotatable bonds is 7. The number of hydrogen-bond donors (Lipinski definition) is 1. The molecule has 146 valence electrons. The first kappa shape index (κ1) is 20.8. The predicted octanol–water partition coefficient (Wildman–Crippen LogP) is 2.52. The maximum atomic E-state index is 12.1. The van der Waals surface area contributed by atoms with Crippen LogP contribution in [0.4, 0.5) is 5.69 Å². The molecule has 0 saturated carbocycles. The number of esters is 3. The van der Waals surface area contributed by atoms with Crippen LogP contribution in [0.25, 0.3) is 6.08 Å². The maximum Gasteiger partial charge on any atom is 0.339 e. The van der Waals surface area contributed by atoms with E-state index in [1.54, 1.807) is 6.08 Å². The number of methoxy groups -OCH3 is 2. The zero-order valence-corrected chi connectivity index (χ0v) is 15.9. The molecule has 1 N–H and O–H groups in total. The molecule has 0 spiro atoms. The van der Waals surface area contributed by atoms with Crippen LogP contribution in [0.5, 0.6) is 0 Å². The Labute approximate surface area is 164 Å². The van der Waals surface area contributed by atoms with Crippen molar-refractivity contribution in [3.63, 3.8) is 0 Å². The van der Waals surface area contributed by atoms with Crippen molar-refractivity contribution in [2.24, 2.45) is 0 Å². The van der Waals surface area contributed by atoms with Crippen LogP contribution in [0.2, 0.25) is 0 Å². The number of thiophene rings is 1. The van der Waals surface area contributed by atoms with Crippen LogP contribution >= 0.6 is 11.3 Å². The third-order valence-corrected chi connectivity index (χ3v) is 4.12. The van der Waals surface area contributed by atoms with Gasteiger partial charge in [-0.15, -0.1) is 0 Å². The van der Waals surface area contributed by atoms with Gasteiger partial charge < -0.3 is 19.5 Å². The van der Waals surface area contributed by atoms with Gasteiger partial charge in [0.25, 0.3) is 5.91 Å². The van der Waals surface area contributed by atoms with Gasteiger partial charge in [-0.1, -0.05) is 0 Å². The predicted molar refractivity (Wildman–Crippen MR) is 102 cm³/mol. The molecule has 0 atom stereocenters. The molecule has 2 aromatic rings. The molecule has 0 radical (unpaired) electrons. The summed E-state index contributed by atoms with van der Waals surface area (Å²) in [5, 5.41) is 6.13. The van der Waals surface area contributed by atoms with Gasteiger partial charge in [0.1, 0.15) is 0 Å². The lowest BCUT2D eigenvalue weighted by Gasteiger charge is -2.11. The van der Waals surface area contributed by atoms with E-state index in [0.717, 1.165) is 5.56 Å². The van der Waals surface area contributed by atoms with Crippen LogP contribution in [-0.2, 0) is 23.8 Å². The van der Waals surface area contributed by atoms with E-state index in [1.165, 1.54) is 49.8 Å². The van der Waals surface area contributed by atoms with Crippen LogP contribution in [0.3, 0.4) is 0 Å². The normalized spacial score (nSPS) is 10.4. The fourth-order valence-electron chi connectivity index (χ4n) is 2.09. The van der Waals surface area contributed by atoms with Gasteiger partial charge in [-0.05, 0) is 46.7 Å². The molecule has 1 amide bonds. The molecular weight excluding hydrogens is 386 g/mol. The molecule has 8 nitrogen and oxygen atoms in total. The Morgan fingerprint density at radius 2 is 1.82 bits per heavy atom. The highest BCUT2D eigenvalue weighted by Crippen LogP contribution is 2.20. The standard InChI is InChI=1S/C19H17NO7S/c1-25-18(23)13-4-5-14(19(24)26-2)15(9-13)20-16(21)10-27-17(22)6-3-12-7-8-28-11-12/h3-9,11H,10H2,1-2H3,(H,20,21)/b6-3+. The Morgan fingerprint density at radius 1 is 1.07 bits per heavy atom. The van der Waals surface area contributed by atoms with Crippen molar-refractivity contribution in [2.75, 3.05) is 26.1 Å². The van der Waals surface area contributed by atoms with E-state index in [9.17, 15) is 19.2 Å². The Hall–Kier alpha value is -3.46. The third kappa shape index (κ3) is 5.78. The van der Waals surface area contributed by atoms with E-state index in [2.05, 4.69) is 14.8 Å².